The van der Waals surface area contributed by atoms with E-state index < -0.39 is 85.5 Å². The maximum absolute atomic E-state index is 14.7. The van der Waals surface area contributed by atoms with Gasteiger partial charge in [0, 0.05) is 29.5 Å². The van der Waals surface area contributed by atoms with Crippen LogP contribution in [0.2, 0.25) is 0 Å². The Morgan fingerprint density at radius 1 is 1.33 bits per heavy atom. The lowest BCUT2D eigenvalue weighted by atomic mass is 10.1. The second kappa shape index (κ2) is 10.5. The first-order valence-electron chi connectivity index (χ1n) is 16.1. The number of hydrogen-bond acceptors (Lipinski definition) is 10. The molecule has 12 heteroatoms. The van der Waals surface area contributed by atoms with Gasteiger partial charge in [-0.05, 0) is 36.9 Å². The number of nitrogens with zero attached hydrogens (tertiary/aromatic N) is 5. The molecule has 1 aromatic carbocycles. The first-order valence-corrected chi connectivity index (χ1v) is 11.9. The van der Waals surface area contributed by atoms with Gasteiger partial charge in [-0.25, -0.2) is 19.0 Å². The van der Waals surface area contributed by atoms with Crippen LogP contribution in [0.5, 0.6) is 0 Å². The molecular weight excluding hydrogens is 487 g/mol. The molecule has 0 spiro atoms. The number of aliphatic hydroxyl groups excluding tert-OH is 3. The minimum absolute atomic E-state index is 0.0352. The number of halogens is 1. The van der Waals surface area contributed by atoms with Gasteiger partial charge in [-0.15, -0.1) is 5.10 Å². The number of anilines is 1. The predicted octanol–water partition coefficient (Wildman–Crippen LogP) is 2.18. The van der Waals surface area contributed by atoms with E-state index in [1.807, 2.05) is 0 Å². The Balaban J connectivity index is 1.56. The number of benzene rings is 1. The number of hydrogen-bond donors (Lipinski definition) is 4. The number of ether oxygens (including phenoxy) is 1. The minimum Gasteiger partial charge on any atom is -0.394 e. The van der Waals surface area contributed by atoms with E-state index in [1.54, 1.807) is 0 Å². The van der Waals surface area contributed by atoms with Gasteiger partial charge in [0.05, 0.1) is 33.5 Å². The number of nitrogens with one attached hydrogen (secondary N) is 1. The van der Waals surface area contributed by atoms with Gasteiger partial charge in [-0.1, -0.05) is 36.0 Å². The highest BCUT2D eigenvalue weighted by atomic mass is 32.2. The second-order valence-electron chi connectivity index (χ2n) is 8.39. The first kappa shape index (κ1) is 15.8. The lowest BCUT2D eigenvalue weighted by Crippen LogP contribution is -2.33. The highest BCUT2D eigenvalue weighted by Crippen LogP contribution is 2.44. The van der Waals surface area contributed by atoms with Crippen molar-refractivity contribution in [3.05, 3.63) is 35.1 Å². The molecular formula is C24H31FN6O4S. The van der Waals surface area contributed by atoms with Crippen molar-refractivity contribution in [1.29, 1.82) is 0 Å². The summed E-state index contributed by atoms with van der Waals surface area (Å²) in [6, 6.07) is -4.22. The fourth-order valence-corrected chi connectivity index (χ4v) is 4.56. The van der Waals surface area contributed by atoms with Gasteiger partial charge in [-0.2, -0.15) is 0 Å². The fourth-order valence-electron chi connectivity index (χ4n) is 4.09. The maximum atomic E-state index is 14.7. The quantitative estimate of drug-likeness (QED) is 0.229. The van der Waals surface area contributed by atoms with Crippen molar-refractivity contribution in [3.63, 3.8) is 0 Å². The third kappa shape index (κ3) is 4.92. The van der Waals surface area contributed by atoms with Crippen molar-refractivity contribution in [3.8, 4) is 0 Å². The van der Waals surface area contributed by atoms with Crippen LogP contribution in [0.15, 0.2) is 23.3 Å². The highest BCUT2D eigenvalue weighted by molar-refractivity contribution is 7.99. The molecule has 2 saturated carbocycles. The van der Waals surface area contributed by atoms with E-state index in [1.165, 1.54) is 6.92 Å². The minimum atomic E-state index is -2.57. The summed E-state index contributed by atoms with van der Waals surface area (Å²) in [6.45, 7) is -1.24. The van der Waals surface area contributed by atoms with E-state index >= 15 is 0 Å². The largest absolute Gasteiger partial charge is 0.394 e. The molecule has 36 heavy (non-hydrogen) atoms. The Morgan fingerprint density at radius 3 is 2.94 bits per heavy atom. The monoisotopic (exact) mass is 528 g/mol. The summed E-state index contributed by atoms with van der Waals surface area (Å²) in [5, 5.41) is 41.3. The van der Waals surface area contributed by atoms with Crippen molar-refractivity contribution >= 4 is 28.7 Å². The number of fused-ring (bicyclic) bond motifs is 1. The first-order chi connectivity index (χ1) is 21.1. The van der Waals surface area contributed by atoms with Crippen LogP contribution in [-0.2, 0) is 4.74 Å². The van der Waals surface area contributed by atoms with E-state index in [2.05, 4.69) is 25.6 Å². The normalized spacial score (nSPS) is 34.9. The zero-order chi connectivity index (χ0) is 34.3. The highest BCUT2D eigenvalue weighted by Gasteiger charge is 2.45. The third-order valence-electron chi connectivity index (χ3n) is 6.03. The lowest BCUT2D eigenvalue weighted by molar-refractivity contribution is -0.0629. The Morgan fingerprint density at radius 2 is 2.17 bits per heavy atom. The Hall–Kier alpha value is -2.38. The number of thioether (sulfide) groups is 1. The van der Waals surface area contributed by atoms with Crippen molar-refractivity contribution in [2.24, 2.45) is 0 Å². The summed E-state index contributed by atoms with van der Waals surface area (Å²) in [7, 11) is 0. The summed E-state index contributed by atoms with van der Waals surface area (Å²) < 4.78 is 102. The molecule has 2 heterocycles. The van der Waals surface area contributed by atoms with Gasteiger partial charge in [0.15, 0.2) is 22.1 Å². The SMILES string of the molecule is [2H]c1c([2H])c([C@@H]2C[C@@]2([2H])Nc2nc(SC([2H])([2H])C([2H])([2H])C)nc3c2nnn3[C@@H]2C[C@H](OC([2H])([2H])CO)[C@@H](O)[C@H]2O)c([2H])c(F)c1C. The maximum Gasteiger partial charge on any atom is 0.191 e. The van der Waals surface area contributed by atoms with E-state index in [-0.39, 0.29) is 46.1 Å². The molecule has 0 radical (unpaired) electrons. The summed E-state index contributed by atoms with van der Waals surface area (Å²) in [5.74, 6) is -2.08. The van der Waals surface area contributed by atoms with Crippen LogP contribution in [-0.4, -0.2) is 83.5 Å². The van der Waals surface area contributed by atoms with Gasteiger partial charge >= 0.3 is 0 Å². The topological polar surface area (TPSA) is 138 Å². The summed E-state index contributed by atoms with van der Waals surface area (Å²) in [5.41, 5.74) is -3.10. The van der Waals surface area contributed by atoms with Crippen LogP contribution >= 0.6 is 11.8 Å². The van der Waals surface area contributed by atoms with E-state index in [0.29, 0.717) is 11.8 Å². The molecule has 2 fully saturated rings. The standard InChI is InChI=1S/C24H31FN6O4S/c1-3-8-36-24-27-22(26-16-10-14(16)13-5-4-12(2)15(25)9-13)19-23(28-24)31(30-29-19)17-11-18(35-7-6-32)21(34)20(17)33/h4-5,9,14,16-18,20-21,32-34H,3,6-8,10-11H2,1-2H3,(H,26,27,28)/t14-,16+,17+,18-,20-,21+/m0/s1/i3D2,4D,5D,7D2,8D2,9D,16D. The molecule has 3 aromatic rings. The van der Waals surface area contributed by atoms with Gasteiger partial charge < -0.3 is 25.4 Å². The lowest BCUT2D eigenvalue weighted by Gasteiger charge is -2.17. The van der Waals surface area contributed by atoms with Crippen molar-refractivity contribution in [1.82, 2.24) is 25.0 Å². The molecule has 0 amide bonds. The molecule has 6 atom stereocenters. The number of aromatic nitrogens is 5. The molecule has 2 aromatic heterocycles. The molecule has 0 aliphatic heterocycles. The molecule has 10 nitrogen and oxygen atoms in total. The molecule has 4 N–H and O–H groups in total. The Kier molecular flexibility index (Phi) is 4.62. The van der Waals surface area contributed by atoms with Gasteiger partial charge in [0.25, 0.3) is 0 Å². The van der Waals surface area contributed by atoms with E-state index in [4.69, 9.17) is 18.4 Å². The summed E-state index contributed by atoms with van der Waals surface area (Å²) in [6.07, 6.45) is -7.10. The van der Waals surface area contributed by atoms with Crippen LogP contribution < -0.4 is 5.32 Å². The third-order valence-corrected chi connectivity index (χ3v) is 6.70. The molecule has 0 unspecified atom stereocenters. The van der Waals surface area contributed by atoms with E-state index in [0.717, 1.165) is 11.6 Å². The molecule has 2 aliphatic rings. The number of rotatable bonds is 10. The fraction of sp³-hybridized carbons (Fsp3) is 0.583. The molecule has 194 valence electrons. The van der Waals surface area contributed by atoms with Crippen LogP contribution in [0.1, 0.15) is 62.9 Å². The number of aliphatic hydroxyl groups is 3. The van der Waals surface area contributed by atoms with Crippen LogP contribution in [0.25, 0.3) is 11.2 Å². The van der Waals surface area contributed by atoms with Crippen molar-refractivity contribution in [2.75, 3.05) is 24.2 Å². The van der Waals surface area contributed by atoms with E-state index in [9.17, 15) is 19.7 Å². The van der Waals surface area contributed by atoms with Crippen LogP contribution in [0.3, 0.4) is 0 Å². The Labute approximate surface area is 226 Å². The average Bonchev–Trinajstić information content (AvgIpc) is 3.27. The molecule has 0 bridgehead atoms. The molecule has 0 saturated heterocycles. The van der Waals surface area contributed by atoms with Crippen molar-refractivity contribution in [2.45, 2.75) is 74.5 Å². The second-order valence-corrected chi connectivity index (χ2v) is 9.17. The average molecular weight is 529 g/mol. The summed E-state index contributed by atoms with van der Waals surface area (Å²) in [4.78, 5) is 8.58. The molecule has 5 rings (SSSR count). The zero-order valence-corrected chi connectivity index (χ0v) is 20.1. The van der Waals surface area contributed by atoms with Crippen molar-refractivity contribution < 1.29 is 38.2 Å². The van der Waals surface area contributed by atoms with Gasteiger partial charge in [0.1, 0.15) is 18.0 Å². The zero-order valence-electron chi connectivity index (χ0n) is 29.3. The summed E-state index contributed by atoms with van der Waals surface area (Å²) >= 11 is 0.321. The van der Waals surface area contributed by atoms with Gasteiger partial charge in [-0.3, -0.25) is 0 Å². The van der Waals surface area contributed by atoms with Crippen LogP contribution in [0, 0.1) is 12.7 Å². The molecule has 2 aliphatic carbocycles. The Bertz CT molecular complexity index is 1650. The van der Waals surface area contributed by atoms with Crippen LogP contribution in [0.4, 0.5) is 10.2 Å². The van der Waals surface area contributed by atoms with Gasteiger partial charge in [0.2, 0.25) is 0 Å². The smallest absolute Gasteiger partial charge is 0.191 e. The predicted molar refractivity (Wildman–Crippen MR) is 133 cm³/mol.